The van der Waals surface area contributed by atoms with E-state index in [0.29, 0.717) is 13.1 Å². The van der Waals surface area contributed by atoms with Crippen LogP contribution in [0.25, 0.3) is 0 Å². The number of ether oxygens (including phenoxy) is 1. The van der Waals surface area contributed by atoms with Crippen LogP contribution in [0, 0.1) is 0 Å². The molecule has 2 N–H and O–H groups in total. The molecule has 78 valence electrons. The molecular weight excluding hydrogens is 187 g/mol. The minimum atomic E-state index is -4.59. The molecule has 1 atom stereocenters. The van der Waals surface area contributed by atoms with Gasteiger partial charge in [0.25, 0.3) is 0 Å². The van der Waals surface area contributed by atoms with Gasteiger partial charge in [0.05, 0.1) is 12.2 Å². The van der Waals surface area contributed by atoms with Gasteiger partial charge < -0.3 is 15.2 Å². The zero-order valence-electron chi connectivity index (χ0n) is 7.19. The van der Waals surface area contributed by atoms with Crippen LogP contribution in [-0.2, 0) is 4.74 Å². The molecule has 0 bridgehead atoms. The molecule has 1 unspecified atom stereocenters. The lowest BCUT2D eigenvalue weighted by Gasteiger charge is -2.39. The highest BCUT2D eigenvalue weighted by Crippen LogP contribution is 2.23. The Kier molecular flexibility index (Phi) is 2.84. The summed E-state index contributed by atoms with van der Waals surface area (Å²) in [6.45, 7) is 2.06. The van der Waals surface area contributed by atoms with Gasteiger partial charge in [-0.3, -0.25) is 0 Å². The maximum Gasteiger partial charge on any atom is 0.416 e. The second-order valence-electron chi connectivity index (χ2n) is 3.42. The molecule has 6 heteroatoms. The average Bonchev–Trinajstić information content (AvgIpc) is 1.94. The highest BCUT2D eigenvalue weighted by molar-refractivity contribution is 4.90. The van der Waals surface area contributed by atoms with Crippen molar-refractivity contribution >= 4 is 0 Å². The summed E-state index contributed by atoms with van der Waals surface area (Å²) in [5.41, 5.74) is -0.549. The summed E-state index contributed by atoms with van der Waals surface area (Å²) in [6, 6.07) is 0. The van der Waals surface area contributed by atoms with Crippen LogP contribution in [0.2, 0.25) is 0 Å². The van der Waals surface area contributed by atoms with Crippen molar-refractivity contribution in [3.05, 3.63) is 0 Å². The van der Waals surface area contributed by atoms with Gasteiger partial charge in [0.1, 0.15) is 0 Å². The molecule has 3 nitrogen and oxygen atoms in total. The third-order valence-electron chi connectivity index (χ3n) is 1.97. The molecule has 0 spiro atoms. The van der Waals surface area contributed by atoms with Crippen molar-refractivity contribution in [1.29, 1.82) is 0 Å². The van der Waals surface area contributed by atoms with E-state index < -0.39 is 24.5 Å². The fourth-order valence-electron chi connectivity index (χ4n) is 0.954. The Morgan fingerprint density at radius 3 is 2.38 bits per heavy atom. The van der Waals surface area contributed by atoms with Crippen LogP contribution >= 0.6 is 0 Å². The van der Waals surface area contributed by atoms with Crippen LogP contribution in [0.1, 0.15) is 6.92 Å². The van der Waals surface area contributed by atoms with E-state index in [9.17, 15) is 13.2 Å². The minimum Gasteiger partial charge on any atom is -0.382 e. The van der Waals surface area contributed by atoms with Gasteiger partial charge in [0, 0.05) is 13.1 Å². The normalized spacial score (nSPS) is 23.8. The van der Waals surface area contributed by atoms with Crippen molar-refractivity contribution in [2.45, 2.75) is 24.8 Å². The maximum absolute atomic E-state index is 11.8. The first kappa shape index (κ1) is 10.7. The van der Waals surface area contributed by atoms with Gasteiger partial charge in [0.15, 0.2) is 6.10 Å². The molecule has 0 aliphatic carbocycles. The van der Waals surface area contributed by atoms with Crippen molar-refractivity contribution in [1.82, 2.24) is 5.32 Å². The Balaban J connectivity index is 2.26. The Morgan fingerprint density at radius 1 is 1.54 bits per heavy atom. The summed E-state index contributed by atoms with van der Waals surface area (Å²) < 4.78 is 40.3. The molecule has 0 aromatic rings. The second-order valence-corrected chi connectivity index (χ2v) is 3.42. The van der Waals surface area contributed by atoms with Gasteiger partial charge >= 0.3 is 6.18 Å². The van der Waals surface area contributed by atoms with Crippen LogP contribution in [0.15, 0.2) is 0 Å². The molecule has 1 heterocycles. The number of halogens is 3. The van der Waals surface area contributed by atoms with E-state index in [-0.39, 0.29) is 0 Å². The minimum absolute atomic E-state index is 0.525. The first-order chi connectivity index (χ1) is 5.83. The number of alkyl halides is 3. The lowest BCUT2D eigenvalue weighted by atomic mass is 10.0. The van der Waals surface area contributed by atoms with Crippen molar-refractivity contribution in [2.75, 3.05) is 19.7 Å². The molecule has 0 aromatic heterocycles. The number of nitrogens with one attached hydrogen (secondary N) is 1. The van der Waals surface area contributed by atoms with Crippen molar-refractivity contribution in [3.8, 4) is 0 Å². The van der Waals surface area contributed by atoms with Crippen LogP contribution in [0.5, 0.6) is 0 Å². The molecule has 1 aliphatic rings. The van der Waals surface area contributed by atoms with Crippen molar-refractivity contribution in [2.24, 2.45) is 0 Å². The number of rotatable bonds is 3. The second kappa shape index (κ2) is 3.43. The van der Waals surface area contributed by atoms with Crippen LogP contribution in [0.4, 0.5) is 13.2 Å². The molecular formula is C7H12F3NO2. The first-order valence-electron chi connectivity index (χ1n) is 3.93. The SMILES string of the molecule is CC1(OCC(O)C(F)(F)F)CNC1. The molecule has 0 saturated carbocycles. The molecule has 0 radical (unpaired) electrons. The number of aliphatic hydroxyl groups is 1. The third kappa shape index (κ3) is 2.82. The molecule has 0 amide bonds. The van der Waals surface area contributed by atoms with Gasteiger partial charge in [0.2, 0.25) is 0 Å². The van der Waals surface area contributed by atoms with E-state index in [1.165, 1.54) is 0 Å². The van der Waals surface area contributed by atoms with Gasteiger partial charge in [-0.25, -0.2) is 0 Å². The van der Waals surface area contributed by atoms with Gasteiger partial charge in [-0.1, -0.05) is 0 Å². The fourth-order valence-corrected chi connectivity index (χ4v) is 0.954. The van der Waals surface area contributed by atoms with Crippen molar-refractivity contribution < 1.29 is 23.0 Å². The van der Waals surface area contributed by atoms with Crippen LogP contribution < -0.4 is 5.32 Å². The predicted octanol–water partition coefficient (Wildman–Crippen LogP) is 0.288. The molecule has 1 fully saturated rings. The maximum atomic E-state index is 11.8. The Bertz CT molecular complexity index is 179. The highest BCUT2D eigenvalue weighted by atomic mass is 19.4. The lowest BCUT2D eigenvalue weighted by molar-refractivity contribution is -0.230. The molecule has 1 aliphatic heterocycles. The van der Waals surface area contributed by atoms with E-state index in [4.69, 9.17) is 9.84 Å². The van der Waals surface area contributed by atoms with Crippen LogP contribution in [0.3, 0.4) is 0 Å². The average molecular weight is 199 g/mol. The quantitative estimate of drug-likeness (QED) is 0.686. The zero-order chi connectivity index (χ0) is 10.1. The summed E-state index contributed by atoms with van der Waals surface area (Å²) >= 11 is 0. The lowest BCUT2D eigenvalue weighted by Crippen LogP contribution is -2.60. The van der Waals surface area contributed by atoms with E-state index in [1.807, 2.05) is 0 Å². The Hall–Kier alpha value is -0.330. The fraction of sp³-hybridized carbons (Fsp3) is 1.00. The van der Waals surface area contributed by atoms with Crippen molar-refractivity contribution in [3.63, 3.8) is 0 Å². The van der Waals surface area contributed by atoms with E-state index in [2.05, 4.69) is 5.32 Å². The van der Waals surface area contributed by atoms with E-state index in [1.54, 1.807) is 6.92 Å². The zero-order valence-corrected chi connectivity index (χ0v) is 7.19. The summed E-state index contributed by atoms with van der Waals surface area (Å²) in [4.78, 5) is 0. The standard InChI is InChI=1S/C7H12F3NO2/c1-6(3-11-4-6)13-2-5(12)7(8,9)10/h5,11-12H,2-4H2,1H3. The monoisotopic (exact) mass is 199 g/mol. The topological polar surface area (TPSA) is 41.5 Å². The molecule has 1 rings (SSSR count). The number of hydrogen-bond donors (Lipinski definition) is 2. The van der Waals surface area contributed by atoms with Gasteiger partial charge in [-0.15, -0.1) is 0 Å². The third-order valence-corrected chi connectivity index (χ3v) is 1.97. The largest absolute Gasteiger partial charge is 0.416 e. The summed E-state index contributed by atoms with van der Waals surface area (Å²) in [5.74, 6) is 0. The summed E-state index contributed by atoms with van der Waals surface area (Å²) in [7, 11) is 0. The molecule has 13 heavy (non-hydrogen) atoms. The van der Waals surface area contributed by atoms with Crippen LogP contribution in [-0.4, -0.2) is 42.7 Å². The van der Waals surface area contributed by atoms with E-state index in [0.717, 1.165) is 0 Å². The number of hydrogen-bond acceptors (Lipinski definition) is 3. The Labute approximate surface area is 73.9 Å². The smallest absolute Gasteiger partial charge is 0.382 e. The first-order valence-corrected chi connectivity index (χ1v) is 3.93. The van der Waals surface area contributed by atoms with Gasteiger partial charge in [-0.2, -0.15) is 13.2 Å². The Morgan fingerprint density at radius 2 is 2.08 bits per heavy atom. The van der Waals surface area contributed by atoms with Gasteiger partial charge in [-0.05, 0) is 6.92 Å². The molecule has 0 aromatic carbocycles. The summed E-state index contributed by atoms with van der Waals surface area (Å²) in [6.07, 6.45) is -6.97. The highest BCUT2D eigenvalue weighted by Gasteiger charge is 2.41. The van der Waals surface area contributed by atoms with E-state index >= 15 is 0 Å². The summed E-state index contributed by atoms with van der Waals surface area (Å²) in [5, 5.41) is 11.5. The predicted molar refractivity (Wildman–Crippen MR) is 39.3 cm³/mol. The number of aliphatic hydroxyl groups excluding tert-OH is 1. The molecule has 1 saturated heterocycles.